The number of nitrogens with zero attached hydrogens (tertiary/aromatic N) is 3. The second-order valence-electron chi connectivity index (χ2n) is 6.64. The summed E-state index contributed by atoms with van der Waals surface area (Å²) in [7, 11) is 1.42. The lowest BCUT2D eigenvalue weighted by molar-refractivity contribution is -0.137. The molecule has 1 N–H and O–H groups in total. The smallest absolute Gasteiger partial charge is 0.416 e. The minimum atomic E-state index is -4.59. The fourth-order valence-electron chi connectivity index (χ4n) is 2.94. The number of nitriles is 1. The van der Waals surface area contributed by atoms with E-state index in [9.17, 15) is 17.6 Å². The number of rotatable bonds is 7. The van der Waals surface area contributed by atoms with Crippen LogP contribution >= 0.6 is 0 Å². The molecule has 0 spiro atoms. The molecule has 0 radical (unpaired) electrons. The first-order valence-corrected chi connectivity index (χ1v) is 9.29. The van der Waals surface area contributed by atoms with Crippen molar-refractivity contribution < 1.29 is 22.3 Å². The minimum absolute atomic E-state index is 0.117. The quantitative estimate of drug-likeness (QED) is 0.533. The largest absolute Gasteiger partial charge is 0.467 e. The van der Waals surface area contributed by atoms with Gasteiger partial charge < -0.3 is 10.1 Å². The first-order valence-electron chi connectivity index (χ1n) is 9.29. The molecule has 0 unspecified atom stereocenters. The van der Waals surface area contributed by atoms with Gasteiger partial charge in [-0.05, 0) is 35.7 Å². The molecular formula is C22H18F4N4O. The van der Waals surface area contributed by atoms with E-state index in [1.54, 1.807) is 6.07 Å². The molecule has 0 saturated carbocycles. The van der Waals surface area contributed by atoms with Crippen LogP contribution in [0.2, 0.25) is 0 Å². The number of methoxy groups -OCH3 is 1. The van der Waals surface area contributed by atoms with Gasteiger partial charge in [0.15, 0.2) is 0 Å². The third-order valence-electron chi connectivity index (χ3n) is 4.47. The molecule has 0 fully saturated rings. The molecule has 0 aliphatic heterocycles. The van der Waals surface area contributed by atoms with E-state index in [1.165, 1.54) is 7.11 Å². The highest BCUT2D eigenvalue weighted by Crippen LogP contribution is 2.30. The Kier molecular flexibility index (Phi) is 6.70. The van der Waals surface area contributed by atoms with Gasteiger partial charge in [-0.15, -0.1) is 0 Å². The number of hydrogen-bond acceptors (Lipinski definition) is 5. The zero-order chi connectivity index (χ0) is 22.4. The lowest BCUT2D eigenvalue weighted by Crippen LogP contribution is -2.10. The van der Waals surface area contributed by atoms with Crippen molar-refractivity contribution in [2.45, 2.75) is 19.0 Å². The van der Waals surface area contributed by atoms with Gasteiger partial charge in [0.2, 0.25) is 0 Å². The second kappa shape index (κ2) is 9.43. The molecule has 3 aromatic rings. The SMILES string of the molecule is COc1nc(NCCc2ccc(C(F)(F)F)cc2F)cc(-c2cccc(CC#N)c2)n1. The molecule has 9 heteroatoms. The Bertz CT molecular complexity index is 1110. The van der Waals surface area contributed by atoms with Gasteiger partial charge in [-0.3, -0.25) is 0 Å². The van der Waals surface area contributed by atoms with Gasteiger partial charge >= 0.3 is 12.2 Å². The van der Waals surface area contributed by atoms with Crippen molar-refractivity contribution in [3.63, 3.8) is 0 Å². The summed E-state index contributed by atoms with van der Waals surface area (Å²) in [5.74, 6) is -0.494. The van der Waals surface area contributed by atoms with E-state index in [0.717, 1.165) is 23.3 Å². The number of halogens is 4. The van der Waals surface area contributed by atoms with Crippen molar-refractivity contribution in [3.05, 3.63) is 71.0 Å². The lowest BCUT2D eigenvalue weighted by atomic mass is 10.1. The van der Waals surface area contributed by atoms with Crippen LogP contribution < -0.4 is 10.1 Å². The molecule has 1 heterocycles. The molecule has 0 bridgehead atoms. The molecular weight excluding hydrogens is 412 g/mol. The van der Waals surface area contributed by atoms with Crippen LogP contribution in [-0.2, 0) is 19.0 Å². The number of alkyl halides is 3. The second-order valence-corrected chi connectivity index (χ2v) is 6.64. The van der Waals surface area contributed by atoms with E-state index in [-0.39, 0.29) is 31.0 Å². The maximum Gasteiger partial charge on any atom is 0.416 e. The third-order valence-corrected chi connectivity index (χ3v) is 4.47. The molecule has 31 heavy (non-hydrogen) atoms. The molecule has 5 nitrogen and oxygen atoms in total. The van der Waals surface area contributed by atoms with Gasteiger partial charge in [-0.2, -0.15) is 28.4 Å². The highest BCUT2D eigenvalue weighted by molar-refractivity contribution is 5.64. The number of nitrogens with one attached hydrogen (secondary N) is 1. The van der Waals surface area contributed by atoms with Gasteiger partial charge in [0, 0.05) is 18.2 Å². The Morgan fingerprint density at radius 3 is 2.58 bits per heavy atom. The van der Waals surface area contributed by atoms with Gasteiger partial charge in [-0.25, -0.2) is 4.39 Å². The van der Waals surface area contributed by atoms with Crippen molar-refractivity contribution >= 4 is 5.82 Å². The van der Waals surface area contributed by atoms with Crippen LogP contribution in [0.25, 0.3) is 11.3 Å². The highest BCUT2D eigenvalue weighted by Gasteiger charge is 2.31. The summed E-state index contributed by atoms with van der Waals surface area (Å²) >= 11 is 0. The molecule has 0 saturated heterocycles. The number of anilines is 1. The Hall–Kier alpha value is -3.67. The van der Waals surface area contributed by atoms with Crippen molar-refractivity contribution in [3.8, 4) is 23.3 Å². The summed E-state index contributed by atoms with van der Waals surface area (Å²) in [6, 6.07) is 13.7. The Morgan fingerprint density at radius 2 is 1.90 bits per heavy atom. The summed E-state index contributed by atoms with van der Waals surface area (Å²) in [5.41, 5.74) is 1.31. The minimum Gasteiger partial charge on any atom is -0.467 e. The zero-order valence-electron chi connectivity index (χ0n) is 16.5. The van der Waals surface area contributed by atoms with E-state index >= 15 is 0 Å². The summed E-state index contributed by atoms with van der Waals surface area (Å²) in [6.07, 6.45) is -4.17. The van der Waals surface area contributed by atoms with Crippen molar-refractivity contribution in [1.82, 2.24) is 9.97 Å². The average molecular weight is 430 g/mol. The van der Waals surface area contributed by atoms with Gasteiger partial charge in [-0.1, -0.05) is 24.3 Å². The molecule has 160 valence electrons. The van der Waals surface area contributed by atoms with Crippen molar-refractivity contribution in [2.75, 3.05) is 19.0 Å². The summed E-state index contributed by atoms with van der Waals surface area (Å²) in [5, 5.41) is 11.9. The molecule has 0 aliphatic carbocycles. The maximum atomic E-state index is 14.0. The predicted molar refractivity (Wildman–Crippen MR) is 107 cm³/mol. The molecule has 0 atom stereocenters. The summed E-state index contributed by atoms with van der Waals surface area (Å²) in [4.78, 5) is 8.51. The Labute approximate surface area is 176 Å². The lowest BCUT2D eigenvalue weighted by Gasteiger charge is -2.11. The van der Waals surface area contributed by atoms with Crippen LogP contribution in [0, 0.1) is 17.1 Å². The zero-order valence-corrected chi connectivity index (χ0v) is 16.5. The number of ether oxygens (including phenoxy) is 1. The van der Waals surface area contributed by atoms with Crippen LogP contribution in [0.15, 0.2) is 48.5 Å². The Morgan fingerprint density at radius 1 is 1.10 bits per heavy atom. The van der Waals surface area contributed by atoms with E-state index < -0.39 is 17.6 Å². The monoisotopic (exact) mass is 430 g/mol. The number of hydrogen-bond donors (Lipinski definition) is 1. The van der Waals surface area contributed by atoms with Crippen molar-refractivity contribution in [1.29, 1.82) is 5.26 Å². The average Bonchev–Trinajstić information content (AvgIpc) is 2.74. The van der Waals surface area contributed by atoms with Gasteiger partial charge in [0.1, 0.15) is 11.6 Å². The summed E-state index contributed by atoms with van der Waals surface area (Å²) in [6.45, 7) is 0.233. The van der Waals surface area contributed by atoms with E-state index in [0.29, 0.717) is 17.6 Å². The highest BCUT2D eigenvalue weighted by atomic mass is 19.4. The molecule has 3 rings (SSSR count). The first-order chi connectivity index (χ1) is 14.8. The van der Waals surface area contributed by atoms with Crippen LogP contribution in [0.5, 0.6) is 6.01 Å². The topological polar surface area (TPSA) is 70.8 Å². The van der Waals surface area contributed by atoms with E-state index in [4.69, 9.17) is 10.00 Å². The van der Waals surface area contributed by atoms with Crippen LogP contribution in [0.1, 0.15) is 16.7 Å². The normalized spacial score (nSPS) is 11.1. The fraction of sp³-hybridized carbons (Fsp3) is 0.227. The summed E-state index contributed by atoms with van der Waals surface area (Å²) < 4.78 is 57.2. The van der Waals surface area contributed by atoms with Gasteiger partial charge in [0.25, 0.3) is 0 Å². The molecule has 0 aliphatic rings. The Balaban J connectivity index is 1.75. The van der Waals surface area contributed by atoms with Crippen LogP contribution in [0.4, 0.5) is 23.4 Å². The predicted octanol–water partition coefficient (Wildman–Crippen LogP) is 5.03. The molecule has 1 aromatic heterocycles. The van der Waals surface area contributed by atoms with Gasteiger partial charge in [0.05, 0.1) is 30.9 Å². The third kappa shape index (κ3) is 5.69. The number of benzene rings is 2. The van der Waals surface area contributed by atoms with Crippen LogP contribution in [0.3, 0.4) is 0 Å². The van der Waals surface area contributed by atoms with Crippen molar-refractivity contribution in [2.24, 2.45) is 0 Å². The standard InChI is InChI=1S/C22H18F4N4O/c1-31-21-29-19(16-4-2-3-14(11-16)7-9-27)13-20(30-21)28-10-8-15-5-6-17(12-18(15)23)22(24,25)26/h2-6,11-13H,7-8,10H2,1H3,(H,28,29,30). The molecule has 0 amide bonds. The first kappa shape index (κ1) is 22.0. The van der Waals surface area contributed by atoms with E-state index in [1.807, 2.05) is 24.3 Å². The number of aromatic nitrogens is 2. The molecule has 2 aromatic carbocycles. The maximum absolute atomic E-state index is 14.0. The fourth-order valence-corrected chi connectivity index (χ4v) is 2.94. The van der Waals surface area contributed by atoms with E-state index in [2.05, 4.69) is 21.4 Å². The van der Waals surface area contributed by atoms with Crippen LogP contribution in [-0.4, -0.2) is 23.6 Å².